The first-order chi connectivity index (χ1) is 9.95. The smallest absolute Gasteiger partial charge is 0.330 e. The highest BCUT2D eigenvalue weighted by atomic mass is 16.5. The molecule has 21 heavy (non-hydrogen) atoms. The van der Waals surface area contributed by atoms with E-state index in [2.05, 4.69) is 5.32 Å². The van der Waals surface area contributed by atoms with E-state index in [0.717, 1.165) is 0 Å². The molecular weight excluding hydrogens is 270 g/mol. The number of hydrogen-bond donors (Lipinski definition) is 3. The topological polar surface area (TPSA) is 107 Å². The molecule has 0 radical (unpaired) electrons. The van der Waals surface area contributed by atoms with Gasteiger partial charge in [-0.25, -0.2) is 4.79 Å². The molecule has 1 aromatic rings. The van der Waals surface area contributed by atoms with Crippen LogP contribution in [0.3, 0.4) is 0 Å². The predicted molar refractivity (Wildman–Crippen MR) is 80.2 cm³/mol. The van der Waals surface area contributed by atoms with E-state index < -0.39 is 23.5 Å². The van der Waals surface area contributed by atoms with Crippen LogP contribution in [-0.4, -0.2) is 31.6 Å². The molecule has 6 nitrogen and oxygen atoms in total. The number of rotatable bonds is 8. The van der Waals surface area contributed by atoms with E-state index in [1.54, 1.807) is 38.2 Å². The second-order valence-electron chi connectivity index (χ2n) is 4.84. The monoisotopic (exact) mass is 293 g/mol. The average Bonchev–Trinajstić information content (AvgIpc) is 2.48. The van der Waals surface area contributed by atoms with Crippen molar-refractivity contribution < 1.29 is 14.3 Å². The second kappa shape index (κ2) is 7.75. The number of carbonyl (C=O) groups is 2. The molecule has 0 saturated carbocycles. The number of nitrogens with two attached hydrogens (primary N) is 2. The van der Waals surface area contributed by atoms with Crippen LogP contribution < -0.4 is 16.8 Å². The molecule has 0 spiro atoms. The van der Waals surface area contributed by atoms with Gasteiger partial charge < -0.3 is 21.5 Å². The highest BCUT2D eigenvalue weighted by Gasteiger charge is 2.38. The van der Waals surface area contributed by atoms with Crippen molar-refractivity contribution in [3.8, 4) is 0 Å². The minimum Gasteiger partial charge on any atom is -0.464 e. The Morgan fingerprint density at radius 2 is 1.95 bits per heavy atom. The number of benzene rings is 1. The Kier molecular flexibility index (Phi) is 6.33. The Bertz CT molecular complexity index is 478. The first kappa shape index (κ1) is 17.1. The fourth-order valence-corrected chi connectivity index (χ4v) is 2.16. The van der Waals surface area contributed by atoms with Gasteiger partial charge in [-0.15, -0.1) is 0 Å². The van der Waals surface area contributed by atoms with Gasteiger partial charge in [-0.3, -0.25) is 4.79 Å². The van der Waals surface area contributed by atoms with Crippen LogP contribution in [0.4, 0.5) is 0 Å². The van der Waals surface area contributed by atoms with Gasteiger partial charge in [0.05, 0.1) is 12.6 Å². The molecule has 1 amide bonds. The van der Waals surface area contributed by atoms with Gasteiger partial charge in [-0.05, 0) is 32.4 Å². The van der Waals surface area contributed by atoms with Crippen LogP contribution in [0.1, 0.15) is 25.3 Å². The largest absolute Gasteiger partial charge is 0.464 e. The molecule has 2 atom stereocenters. The molecule has 1 rings (SSSR count). The number of esters is 1. The first-order valence-corrected chi connectivity index (χ1v) is 6.94. The van der Waals surface area contributed by atoms with Crippen LogP contribution in [0, 0.1) is 0 Å². The van der Waals surface area contributed by atoms with Crippen LogP contribution in [0.15, 0.2) is 30.3 Å². The number of likely N-dealkylation sites (N-methyl/N-ethyl adjacent to an activating group) is 1. The summed E-state index contributed by atoms with van der Waals surface area (Å²) in [6.45, 7) is 1.97. The summed E-state index contributed by atoms with van der Waals surface area (Å²) in [6.07, 6.45) is 0.598. The number of nitrogens with one attached hydrogen (secondary N) is 1. The molecule has 0 saturated heterocycles. The van der Waals surface area contributed by atoms with Crippen LogP contribution in [0.2, 0.25) is 0 Å². The third-order valence-corrected chi connectivity index (χ3v) is 3.45. The molecule has 116 valence electrons. The molecule has 2 unspecified atom stereocenters. The van der Waals surface area contributed by atoms with E-state index in [0.29, 0.717) is 12.0 Å². The van der Waals surface area contributed by atoms with Crippen LogP contribution in [0.5, 0.6) is 0 Å². The highest BCUT2D eigenvalue weighted by Crippen LogP contribution is 2.26. The number of hydrogen-bond acceptors (Lipinski definition) is 5. The van der Waals surface area contributed by atoms with Crippen LogP contribution in [0.25, 0.3) is 0 Å². The molecule has 0 heterocycles. The fourth-order valence-electron chi connectivity index (χ4n) is 2.16. The van der Waals surface area contributed by atoms with E-state index in [1.807, 2.05) is 6.07 Å². The van der Waals surface area contributed by atoms with Crippen molar-refractivity contribution in [1.82, 2.24) is 5.32 Å². The molecule has 0 aliphatic heterocycles. The van der Waals surface area contributed by atoms with Gasteiger partial charge in [0, 0.05) is 0 Å². The molecule has 1 aromatic carbocycles. The molecule has 0 aliphatic rings. The van der Waals surface area contributed by atoms with Crippen molar-refractivity contribution in [1.29, 1.82) is 0 Å². The zero-order valence-electron chi connectivity index (χ0n) is 12.5. The number of amides is 1. The van der Waals surface area contributed by atoms with Gasteiger partial charge in [0.25, 0.3) is 0 Å². The third kappa shape index (κ3) is 4.27. The minimum absolute atomic E-state index is 0.246. The van der Waals surface area contributed by atoms with Crippen molar-refractivity contribution in [2.75, 3.05) is 13.7 Å². The second-order valence-corrected chi connectivity index (χ2v) is 4.84. The summed E-state index contributed by atoms with van der Waals surface area (Å²) in [4.78, 5) is 23.5. The average molecular weight is 293 g/mol. The maximum absolute atomic E-state index is 12.3. The lowest BCUT2D eigenvalue weighted by molar-refractivity contribution is -0.150. The summed E-state index contributed by atoms with van der Waals surface area (Å²) in [6, 6.07) is 8.46. The molecule has 0 fully saturated rings. The van der Waals surface area contributed by atoms with Gasteiger partial charge in [0.15, 0.2) is 0 Å². The standard InChI is InChI=1S/C15H23N3O3/c1-3-21-14(20)15(17,11-7-5-4-6-8-11)10-9-12(18-2)13(16)19/h4-8,12,18H,3,9-10,17H2,1-2H3,(H2,16,19). The molecule has 0 bridgehead atoms. The van der Waals surface area contributed by atoms with E-state index in [9.17, 15) is 9.59 Å². The molecule has 0 aromatic heterocycles. The lowest BCUT2D eigenvalue weighted by Crippen LogP contribution is -2.48. The van der Waals surface area contributed by atoms with Gasteiger partial charge in [-0.1, -0.05) is 30.3 Å². The maximum Gasteiger partial charge on any atom is 0.330 e. The summed E-state index contributed by atoms with van der Waals surface area (Å²) >= 11 is 0. The lowest BCUT2D eigenvalue weighted by atomic mass is 9.85. The SMILES string of the molecule is CCOC(=O)C(N)(CCC(NC)C(N)=O)c1ccccc1. The summed E-state index contributed by atoms with van der Waals surface area (Å²) in [5.74, 6) is -0.979. The quantitative estimate of drug-likeness (QED) is 0.596. The van der Waals surface area contributed by atoms with E-state index in [-0.39, 0.29) is 13.0 Å². The van der Waals surface area contributed by atoms with Crippen molar-refractivity contribution in [2.24, 2.45) is 11.5 Å². The van der Waals surface area contributed by atoms with Gasteiger partial charge in [-0.2, -0.15) is 0 Å². The predicted octanol–water partition coefficient (Wildman–Crippen LogP) is 0.257. The highest BCUT2D eigenvalue weighted by molar-refractivity contribution is 5.83. The zero-order valence-corrected chi connectivity index (χ0v) is 12.5. The van der Waals surface area contributed by atoms with Gasteiger partial charge >= 0.3 is 5.97 Å². The van der Waals surface area contributed by atoms with E-state index in [4.69, 9.17) is 16.2 Å². The van der Waals surface area contributed by atoms with Crippen LogP contribution in [-0.2, 0) is 19.9 Å². The molecule has 6 heteroatoms. The number of primary amides is 1. The first-order valence-electron chi connectivity index (χ1n) is 6.94. The van der Waals surface area contributed by atoms with Crippen molar-refractivity contribution in [3.05, 3.63) is 35.9 Å². The summed E-state index contributed by atoms with van der Waals surface area (Å²) in [7, 11) is 1.64. The Labute approximate surface area is 124 Å². The summed E-state index contributed by atoms with van der Waals surface area (Å²) < 4.78 is 5.09. The van der Waals surface area contributed by atoms with Gasteiger partial charge in [0.1, 0.15) is 5.54 Å². The Morgan fingerprint density at radius 1 is 1.33 bits per heavy atom. The van der Waals surface area contributed by atoms with Crippen molar-refractivity contribution in [2.45, 2.75) is 31.3 Å². The Morgan fingerprint density at radius 3 is 2.43 bits per heavy atom. The molecular formula is C15H23N3O3. The maximum atomic E-state index is 12.3. The normalized spacial score (nSPS) is 15.0. The van der Waals surface area contributed by atoms with Crippen molar-refractivity contribution in [3.63, 3.8) is 0 Å². The van der Waals surface area contributed by atoms with E-state index in [1.165, 1.54) is 0 Å². The van der Waals surface area contributed by atoms with Crippen LogP contribution >= 0.6 is 0 Å². The van der Waals surface area contributed by atoms with Gasteiger partial charge in [0.2, 0.25) is 5.91 Å². The minimum atomic E-state index is -1.29. The zero-order chi connectivity index (χ0) is 15.9. The Hall–Kier alpha value is -1.92. The lowest BCUT2D eigenvalue weighted by Gasteiger charge is -2.28. The number of carbonyl (C=O) groups excluding carboxylic acids is 2. The third-order valence-electron chi connectivity index (χ3n) is 3.45. The summed E-state index contributed by atoms with van der Waals surface area (Å²) in [5, 5.41) is 2.81. The summed E-state index contributed by atoms with van der Waals surface area (Å²) in [5.41, 5.74) is 11.0. The molecule has 0 aliphatic carbocycles. The molecule has 5 N–H and O–H groups in total. The fraction of sp³-hybridized carbons (Fsp3) is 0.467. The Balaban J connectivity index is 2.98. The van der Waals surface area contributed by atoms with E-state index >= 15 is 0 Å². The van der Waals surface area contributed by atoms with Crippen molar-refractivity contribution >= 4 is 11.9 Å². The number of ether oxygens (including phenoxy) is 1.